The van der Waals surface area contributed by atoms with Gasteiger partial charge in [0.05, 0.1) is 0 Å². The maximum absolute atomic E-state index is 12.6. The quantitative estimate of drug-likeness (QED) is 0.456. The van der Waals surface area contributed by atoms with E-state index in [4.69, 9.17) is 9.84 Å². The first-order valence-electron chi connectivity index (χ1n) is 10.8. The molecule has 1 N–H and O–H groups in total. The molecule has 4 rings (SSSR count). The van der Waals surface area contributed by atoms with E-state index < -0.39 is 0 Å². The van der Waals surface area contributed by atoms with Gasteiger partial charge in [0.15, 0.2) is 5.78 Å². The van der Waals surface area contributed by atoms with E-state index >= 15 is 0 Å². The maximum atomic E-state index is 12.6. The number of benzene rings is 2. The second kappa shape index (κ2) is 9.61. The molecule has 1 aromatic heterocycles. The number of nitrogens with one attached hydrogen (secondary N) is 1. The lowest BCUT2D eigenvalue weighted by atomic mass is 9.93. The van der Waals surface area contributed by atoms with E-state index in [1.54, 1.807) is 18.7 Å². The standard InChI is InChI=1S/C25H28N4O2S/c1-5-13-32-25-27-24-26-17(3)22(18(4)30)23(29(24)28-25)20-7-6-8-21(14-20)31-15-19-11-9-16(2)10-12-19/h6-12,14,23H,5,13,15H2,1-4H3,(H,26,27,28). The molecular weight excluding hydrogens is 420 g/mol. The van der Waals surface area contributed by atoms with Crippen molar-refractivity contribution in [3.63, 3.8) is 0 Å². The number of hydrogen-bond donors (Lipinski definition) is 1. The first-order valence-corrected chi connectivity index (χ1v) is 11.8. The number of carbonyl (C=O) groups is 1. The van der Waals surface area contributed by atoms with E-state index in [1.165, 1.54) is 5.56 Å². The van der Waals surface area contributed by atoms with Crippen LogP contribution in [0.1, 0.15) is 49.9 Å². The first-order chi connectivity index (χ1) is 15.5. The summed E-state index contributed by atoms with van der Waals surface area (Å²) >= 11 is 1.62. The van der Waals surface area contributed by atoms with Gasteiger partial charge in [-0.3, -0.25) is 4.79 Å². The smallest absolute Gasteiger partial charge is 0.227 e. The number of carbonyl (C=O) groups excluding carboxylic acids is 1. The van der Waals surface area contributed by atoms with Crippen molar-refractivity contribution in [2.24, 2.45) is 0 Å². The van der Waals surface area contributed by atoms with Crippen molar-refractivity contribution >= 4 is 23.5 Å². The largest absolute Gasteiger partial charge is 0.489 e. The highest BCUT2D eigenvalue weighted by molar-refractivity contribution is 7.99. The molecule has 1 aliphatic rings. The number of ether oxygens (including phenoxy) is 1. The molecule has 0 saturated carbocycles. The highest BCUT2D eigenvalue weighted by atomic mass is 32.2. The highest BCUT2D eigenvalue weighted by Gasteiger charge is 2.32. The number of rotatable bonds is 8. The number of fused-ring (bicyclic) bond motifs is 1. The molecule has 1 aliphatic heterocycles. The van der Waals surface area contributed by atoms with Gasteiger partial charge in [-0.15, -0.1) is 5.10 Å². The van der Waals surface area contributed by atoms with Crippen LogP contribution in [-0.4, -0.2) is 26.3 Å². The van der Waals surface area contributed by atoms with E-state index in [2.05, 4.69) is 48.4 Å². The summed E-state index contributed by atoms with van der Waals surface area (Å²) < 4.78 is 7.89. The Kier molecular flexibility index (Phi) is 6.65. The summed E-state index contributed by atoms with van der Waals surface area (Å²) in [5.74, 6) is 2.36. The summed E-state index contributed by atoms with van der Waals surface area (Å²) in [5.41, 5.74) is 4.76. The van der Waals surface area contributed by atoms with Crippen LogP contribution >= 0.6 is 11.8 Å². The monoisotopic (exact) mass is 448 g/mol. The van der Waals surface area contributed by atoms with Gasteiger partial charge < -0.3 is 10.1 Å². The molecule has 2 heterocycles. The Morgan fingerprint density at radius 2 is 1.97 bits per heavy atom. The zero-order valence-corrected chi connectivity index (χ0v) is 19.7. The lowest BCUT2D eigenvalue weighted by Crippen LogP contribution is -2.27. The third-order valence-electron chi connectivity index (χ3n) is 5.35. The predicted molar refractivity (Wildman–Crippen MR) is 128 cm³/mol. The molecule has 0 saturated heterocycles. The van der Waals surface area contributed by atoms with Gasteiger partial charge in [0.25, 0.3) is 0 Å². The highest BCUT2D eigenvalue weighted by Crippen LogP contribution is 2.37. The SMILES string of the molecule is CCCSc1nc2n(n1)C(c1cccc(OCc3ccc(C)cc3)c1)C(C(C)=O)=C(C)N2. The molecule has 0 amide bonds. The average Bonchev–Trinajstić information content (AvgIpc) is 3.18. The van der Waals surface area contributed by atoms with Gasteiger partial charge in [0.2, 0.25) is 11.1 Å². The van der Waals surface area contributed by atoms with Crippen molar-refractivity contribution < 1.29 is 9.53 Å². The second-order valence-corrected chi connectivity index (χ2v) is 9.04. The fraction of sp³-hybridized carbons (Fsp3) is 0.320. The van der Waals surface area contributed by atoms with Crippen molar-refractivity contribution in [3.8, 4) is 5.75 Å². The van der Waals surface area contributed by atoms with Crippen LogP contribution in [-0.2, 0) is 11.4 Å². The Bertz CT molecular complexity index is 1150. The third kappa shape index (κ3) is 4.72. The van der Waals surface area contributed by atoms with Gasteiger partial charge in [0, 0.05) is 17.0 Å². The van der Waals surface area contributed by atoms with Gasteiger partial charge in [-0.2, -0.15) is 4.98 Å². The Hall–Kier alpha value is -3.06. The lowest BCUT2D eigenvalue weighted by Gasteiger charge is -2.28. The van der Waals surface area contributed by atoms with E-state index in [-0.39, 0.29) is 11.8 Å². The van der Waals surface area contributed by atoms with Crippen LogP contribution in [0.15, 0.2) is 65.0 Å². The number of anilines is 1. The topological polar surface area (TPSA) is 69.0 Å². The van der Waals surface area contributed by atoms with E-state index in [0.717, 1.165) is 34.7 Å². The van der Waals surface area contributed by atoms with Crippen molar-refractivity contribution in [1.29, 1.82) is 0 Å². The zero-order valence-electron chi connectivity index (χ0n) is 18.9. The number of nitrogens with zero attached hydrogens (tertiary/aromatic N) is 3. The minimum absolute atomic E-state index is 0.00916. The number of Topliss-reactive ketones (excluding diaryl/α,β-unsaturated/α-hetero) is 1. The number of aromatic nitrogens is 3. The molecule has 32 heavy (non-hydrogen) atoms. The fourth-order valence-electron chi connectivity index (χ4n) is 3.78. The Morgan fingerprint density at radius 3 is 2.69 bits per heavy atom. The molecule has 7 heteroatoms. The van der Waals surface area contributed by atoms with Crippen LogP contribution in [0.2, 0.25) is 0 Å². The number of ketones is 1. The number of aryl methyl sites for hydroxylation is 1. The zero-order chi connectivity index (χ0) is 22.7. The third-order valence-corrected chi connectivity index (χ3v) is 6.39. The number of allylic oxidation sites excluding steroid dienone is 2. The Balaban J connectivity index is 1.66. The van der Waals surface area contributed by atoms with Crippen molar-refractivity contribution in [1.82, 2.24) is 14.8 Å². The van der Waals surface area contributed by atoms with E-state index in [1.807, 2.05) is 35.9 Å². The second-order valence-electron chi connectivity index (χ2n) is 7.98. The fourth-order valence-corrected chi connectivity index (χ4v) is 4.46. The minimum atomic E-state index is -0.352. The normalized spacial score (nSPS) is 15.3. The molecule has 6 nitrogen and oxygen atoms in total. The van der Waals surface area contributed by atoms with E-state index in [0.29, 0.717) is 23.3 Å². The lowest BCUT2D eigenvalue weighted by molar-refractivity contribution is -0.114. The molecule has 0 spiro atoms. The molecular formula is C25H28N4O2S. The maximum Gasteiger partial charge on any atom is 0.227 e. The molecule has 0 aliphatic carbocycles. The van der Waals surface area contributed by atoms with Gasteiger partial charge in [-0.05, 0) is 50.5 Å². The van der Waals surface area contributed by atoms with Gasteiger partial charge >= 0.3 is 0 Å². The van der Waals surface area contributed by atoms with E-state index in [9.17, 15) is 4.79 Å². The molecule has 166 valence electrons. The van der Waals surface area contributed by atoms with Gasteiger partial charge in [-0.1, -0.05) is 60.6 Å². The van der Waals surface area contributed by atoms with Crippen LogP contribution in [0.25, 0.3) is 0 Å². The van der Waals surface area contributed by atoms with Crippen LogP contribution in [0.5, 0.6) is 5.75 Å². The predicted octanol–water partition coefficient (Wildman–Crippen LogP) is 5.55. The average molecular weight is 449 g/mol. The molecule has 1 unspecified atom stereocenters. The van der Waals surface area contributed by atoms with Crippen LogP contribution in [0.3, 0.4) is 0 Å². The van der Waals surface area contributed by atoms with Crippen molar-refractivity contribution in [3.05, 3.63) is 76.5 Å². The van der Waals surface area contributed by atoms with Crippen LogP contribution in [0.4, 0.5) is 5.95 Å². The number of thioether (sulfide) groups is 1. The van der Waals surface area contributed by atoms with Crippen LogP contribution in [0, 0.1) is 6.92 Å². The van der Waals surface area contributed by atoms with Gasteiger partial charge in [-0.25, -0.2) is 4.68 Å². The summed E-state index contributed by atoms with van der Waals surface area (Å²) in [7, 11) is 0. The summed E-state index contributed by atoms with van der Waals surface area (Å²) in [5, 5.41) is 8.69. The minimum Gasteiger partial charge on any atom is -0.489 e. The Labute approximate surface area is 193 Å². The summed E-state index contributed by atoms with van der Waals surface area (Å²) in [6, 6.07) is 15.8. The van der Waals surface area contributed by atoms with Crippen molar-refractivity contribution in [2.45, 2.75) is 51.9 Å². The molecule has 0 radical (unpaired) electrons. The summed E-state index contributed by atoms with van der Waals surface area (Å²) in [6.45, 7) is 8.20. The molecule has 1 atom stereocenters. The van der Waals surface area contributed by atoms with Crippen LogP contribution < -0.4 is 10.1 Å². The molecule has 3 aromatic rings. The first kappa shape index (κ1) is 22.1. The summed E-state index contributed by atoms with van der Waals surface area (Å²) in [4.78, 5) is 17.2. The van der Waals surface area contributed by atoms with Gasteiger partial charge in [0.1, 0.15) is 18.4 Å². The number of hydrogen-bond acceptors (Lipinski definition) is 6. The Morgan fingerprint density at radius 1 is 1.19 bits per heavy atom. The molecule has 0 bridgehead atoms. The molecule has 2 aromatic carbocycles. The summed E-state index contributed by atoms with van der Waals surface area (Å²) in [6.07, 6.45) is 1.04. The van der Waals surface area contributed by atoms with Crippen molar-refractivity contribution in [2.75, 3.05) is 11.1 Å². The molecule has 0 fully saturated rings.